The van der Waals surface area contributed by atoms with Gasteiger partial charge in [0.05, 0.1) is 0 Å². The van der Waals surface area contributed by atoms with Crippen LogP contribution in [0.2, 0.25) is 0 Å². The van der Waals surface area contributed by atoms with E-state index in [1.54, 1.807) is 0 Å². The molecular weight excluding hydrogens is 196 g/mol. The van der Waals surface area contributed by atoms with E-state index in [1.807, 2.05) is 13.8 Å². The zero-order valence-corrected chi connectivity index (χ0v) is 9.41. The Morgan fingerprint density at radius 1 is 1.53 bits per heavy atom. The van der Waals surface area contributed by atoms with Crippen LogP contribution in [0.25, 0.3) is 0 Å². The van der Waals surface area contributed by atoms with E-state index in [0.29, 0.717) is 13.1 Å². The fraction of sp³-hybridized carbons (Fsp3) is 0.600. The first-order valence-electron chi connectivity index (χ1n) is 4.81. The fourth-order valence-corrected chi connectivity index (χ4v) is 0.991. The second-order valence-electron chi connectivity index (χ2n) is 3.48. The molecule has 2 N–H and O–H groups in total. The van der Waals surface area contributed by atoms with Gasteiger partial charge in [0.25, 0.3) is 0 Å². The Hall–Kier alpha value is -1.52. The van der Waals surface area contributed by atoms with Crippen molar-refractivity contribution in [2.24, 2.45) is 0 Å². The number of likely N-dealkylation sites (N-methyl/N-ethyl adjacent to an activating group) is 1. The number of carbonyl (C=O) groups excluding carboxylic acids is 1. The van der Waals surface area contributed by atoms with E-state index in [0.717, 1.165) is 5.57 Å². The van der Waals surface area contributed by atoms with E-state index in [2.05, 4.69) is 11.9 Å². The number of carboxylic acids is 1. The van der Waals surface area contributed by atoms with E-state index in [-0.39, 0.29) is 6.03 Å². The Morgan fingerprint density at radius 2 is 2.07 bits per heavy atom. The average Bonchev–Trinajstić information content (AvgIpc) is 2.13. The maximum atomic E-state index is 11.5. The molecule has 0 saturated heterocycles. The van der Waals surface area contributed by atoms with Gasteiger partial charge < -0.3 is 15.3 Å². The third-order valence-electron chi connectivity index (χ3n) is 1.84. The molecule has 0 saturated carbocycles. The standard InChI is InChI=1S/C10H18N2O3/c1-5-12(6-7(2)3)10(15)11-8(4)9(13)14/h8H,2,5-6H2,1,3-4H3,(H,11,15)(H,13,14)/t8-/m0/s1. The zero-order chi connectivity index (χ0) is 12.0. The van der Waals surface area contributed by atoms with Crippen molar-refractivity contribution in [1.82, 2.24) is 10.2 Å². The smallest absolute Gasteiger partial charge is 0.325 e. The van der Waals surface area contributed by atoms with Gasteiger partial charge in [0.1, 0.15) is 6.04 Å². The molecule has 5 nitrogen and oxygen atoms in total. The second kappa shape index (κ2) is 6.06. The molecule has 1 atom stereocenters. The van der Waals surface area contributed by atoms with Gasteiger partial charge in [0, 0.05) is 13.1 Å². The van der Waals surface area contributed by atoms with Crippen molar-refractivity contribution < 1.29 is 14.7 Å². The van der Waals surface area contributed by atoms with Crippen LogP contribution in [0.5, 0.6) is 0 Å². The Bertz CT molecular complexity index is 263. The third kappa shape index (κ3) is 5.05. The lowest BCUT2D eigenvalue weighted by atomic mass is 10.3. The maximum Gasteiger partial charge on any atom is 0.325 e. The number of urea groups is 1. The Balaban J connectivity index is 4.27. The van der Waals surface area contributed by atoms with Gasteiger partial charge in [-0.1, -0.05) is 12.2 Å². The van der Waals surface area contributed by atoms with Gasteiger partial charge in [-0.15, -0.1) is 0 Å². The van der Waals surface area contributed by atoms with Crippen LogP contribution >= 0.6 is 0 Å². The molecule has 86 valence electrons. The summed E-state index contributed by atoms with van der Waals surface area (Å²) >= 11 is 0. The third-order valence-corrected chi connectivity index (χ3v) is 1.84. The first-order valence-corrected chi connectivity index (χ1v) is 4.81. The van der Waals surface area contributed by atoms with E-state index >= 15 is 0 Å². The van der Waals surface area contributed by atoms with Crippen molar-refractivity contribution in [3.8, 4) is 0 Å². The molecule has 0 spiro atoms. The maximum absolute atomic E-state index is 11.5. The summed E-state index contributed by atoms with van der Waals surface area (Å²) in [6, 6.07) is -1.26. The molecule has 0 aliphatic carbocycles. The molecule has 15 heavy (non-hydrogen) atoms. The molecule has 0 rings (SSSR count). The quantitative estimate of drug-likeness (QED) is 0.672. The normalized spacial score (nSPS) is 11.7. The lowest BCUT2D eigenvalue weighted by Crippen LogP contribution is -2.47. The summed E-state index contributed by atoms with van der Waals surface area (Å²) in [4.78, 5) is 23.6. The van der Waals surface area contributed by atoms with E-state index < -0.39 is 12.0 Å². The number of aliphatic carboxylic acids is 1. The Morgan fingerprint density at radius 3 is 2.40 bits per heavy atom. The van der Waals surface area contributed by atoms with Crippen LogP contribution in [0.3, 0.4) is 0 Å². The van der Waals surface area contributed by atoms with Crippen molar-refractivity contribution in [1.29, 1.82) is 0 Å². The number of carboxylic acid groups (broad SMARTS) is 1. The lowest BCUT2D eigenvalue weighted by Gasteiger charge is -2.22. The molecule has 0 bridgehead atoms. The summed E-state index contributed by atoms with van der Waals surface area (Å²) in [5.74, 6) is -1.05. The monoisotopic (exact) mass is 214 g/mol. The number of rotatable bonds is 5. The molecule has 0 unspecified atom stereocenters. The van der Waals surface area contributed by atoms with Crippen LogP contribution < -0.4 is 5.32 Å². The van der Waals surface area contributed by atoms with Gasteiger partial charge >= 0.3 is 12.0 Å². The summed E-state index contributed by atoms with van der Waals surface area (Å²) in [5, 5.41) is 11.0. The van der Waals surface area contributed by atoms with Gasteiger partial charge in [-0.3, -0.25) is 4.79 Å². The molecule has 0 fully saturated rings. The highest BCUT2D eigenvalue weighted by Crippen LogP contribution is 1.97. The highest BCUT2D eigenvalue weighted by atomic mass is 16.4. The molecule has 2 amide bonds. The summed E-state index contributed by atoms with van der Waals surface area (Å²) in [7, 11) is 0. The van der Waals surface area contributed by atoms with Gasteiger partial charge in [-0.25, -0.2) is 4.79 Å². The van der Waals surface area contributed by atoms with Crippen molar-refractivity contribution in [2.75, 3.05) is 13.1 Å². The first kappa shape index (κ1) is 13.5. The minimum Gasteiger partial charge on any atom is -0.480 e. The van der Waals surface area contributed by atoms with E-state index in [1.165, 1.54) is 11.8 Å². The van der Waals surface area contributed by atoms with Crippen LogP contribution in [0.15, 0.2) is 12.2 Å². The summed E-state index contributed by atoms with van der Waals surface area (Å²) in [5.41, 5.74) is 0.856. The minimum absolute atomic E-state index is 0.379. The van der Waals surface area contributed by atoms with Crippen LogP contribution in [0, 0.1) is 0 Å². The van der Waals surface area contributed by atoms with Crippen LogP contribution in [-0.2, 0) is 4.79 Å². The molecule has 0 heterocycles. The molecule has 0 aliphatic heterocycles. The summed E-state index contributed by atoms with van der Waals surface area (Å²) in [6.07, 6.45) is 0. The SMILES string of the molecule is C=C(C)CN(CC)C(=O)N[C@@H](C)C(=O)O. The molecule has 5 heteroatoms. The van der Waals surface area contributed by atoms with Crippen LogP contribution in [0.4, 0.5) is 4.79 Å². The highest BCUT2D eigenvalue weighted by Gasteiger charge is 2.17. The number of amides is 2. The molecule has 0 aromatic heterocycles. The summed E-state index contributed by atoms with van der Waals surface area (Å²) < 4.78 is 0. The van der Waals surface area contributed by atoms with E-state index in [9.17, 15) is 9.59 Å². The largest absolute Gasteiger partial charge is 0.480 e. The lowest BCUT2D eigenvalue weighted by molar-refractivity contribution is -0.138. The minimum atomic E-state index is -1.05. The van der Waals surface area contributed by atoms with Gasteiger partial charge in [-0.05, 0) is 20.8 Å². The van der Waals surface area contributed by atoms with Gasteiger partial charge in [0.2, 0.25) is 0 Å². The first-order chi connectivity index (χ1) is 6.88. The fourth-order valence-electron chi connectivity index (χ4n) is 0.991. The molecular formula is C10H18N2O3. The molecule has 0 radical (unpaired) electrons. The van der Waals surface area contributed by atoms with Crippen molar-refractivity contribution >= 4 is 12.0 Å². The van der Waals surface area contributed by atoms with Crippen LogP contribution in [0.1, 0.15) is 20.8 Å². The summed E-state index contributed by atoms with van der Waals surface area (Å²) in [6.45, 7) is 9.73. The van der Waals surface area contributed by atoms with Gasteiger partial charge in [-0.2, -0.15) is 0 Å². The van der Waals surface area contributed by atoms with Gasteiger partial charge in [0.15, 0.2) is 0 Å². The predicted molar refractivity (Wildman–Crippen MR) is 57.7 cm³/mol. The van der Waals surface area contributed by atoms with Crippen molar-refractivity contribution in [3.05, 3.63) is 12.2 Å². The van der Waals surface area contributed by atoms with Crippen molar-refractivity contribution in [3.63, 3.8) is 0 Å². The molecule has 0 aromatic rings. The number of carbonyl (C=O) groups is 2. The number of nitrogens with one attached hydrogen (secondary N) is 1. The average molecular weight is 214 g/mol. The number of hydrogen-bond acceptors (Lipinski definition) is 2. The number of nitrogens with zero attached hydrogens (tertiary/aromatic N) is 1. The van der Waals surface area contributed by atoms with E-state index in [4.69, 9.17) is 5.11 Å². The topological polar surface area (TPSA) is 69.6 Å². The zero-order valence-electron chi connectivity index (χ0n) is 9.41. The molecule has 0 aromatic carbocycles. The second-order valence-corrected chi connectivity index (χ2v) is 3.48. The van der Waals surface area contributed by atoms with Crippen molar-refractivity contribution in [2.45, 2.75) is 26.8 Å². The predicted octanol–water partition coefficient (Wildman–Crippen LogP) is 1.07. The highest BCUT2D eigenvalue weighted by molar-refractivity contribution is 5.82. The Kier molecular flexibility index (Phi) is 5.44. The number of hydrogen-bond donors (Lipinski definition) is 2. The molecule has 0 aliphatic rings. The Labute approximate surface area is 89.8 Å². The van der Waals surface area contributed by atoms with Crippen LogP contribution in [-0.4, -0.2) is 41.1 Å².